The summed E-state index contributed by atoms with van der Waals surface area (Å²) < 4.78 is 5.39. The van der Waals surface area contributed by atoms with Crippen LogP contribution in [0.2, 0.25) is 0 Å². The Morgan fingerprint density at radius 1 is 1.43 bits per heavy atom. The van der Waals surface area contributed by atoms with E-state index in [9.17, 15) is 0 Å². The van der Waals surface area contributed by atoms with Crippen LogP contribution in [0.3, 0.4) is 0 Å². The van der Waals surface area contributed by atoms with Gasteiger partial charge in [0, 0.05) is 12.5 Å². The van der Waals surface area contributed by atoms with E-state index in [4.69, 9.17) is 15.1 Å². The lowest BCUT2D eigenvalue weighted by Crippen LogP contribution is -2.11. The Bertz CT molecular complexity index is 313. The Morgan fingerprint density at radius 3 is 2.57 bits per heavy atom. The fourth-order valence-electron chi connectivity index (χ4n) is 0.917. The van der Waals surface area contributed by atoms with Gasteiger partial charge in [0.2, 0.25) is 0 Å². The van der Waals surface area contributed by atoms with Crippen molar-refractivity contribution in [1.29, 1.82) is 5.26 Å². The van der Waals surface area contributed by atoms with Crippen molar-refractivity contribution in [2.45, 2.75) is 6.92 Å². The van der Waals surface area contributed by atoms with E-state index >= 15 is 0 Å². The molecule has 0 amide bonds. The molecule has 3 heteroatoms. The summed E-state index contributed by atoms with van der Waals surface area (Å²) >= 11 is 0. The molecule has 0 fully saturated rings. The molecule has 74 valence electrons. The minimum atomic E-state index is 0.121. The molecule has 0 aliphatic heterocycles. The number of nitrogens with zero attached hydrogens (tertiary/aromatic N) is 1. The summed E-state index contributed by atoms with van der Waals surface area (Å²) in [5.41, 5.74) is 0.618. The number of aliphatic hydroxyl groups is 1. The maximum atomic E-state index is 8.77. The average Bonchev–Trinajstić information content (AvgIpc) is 2.26. The molecule has 1 atom stereocenters. The first kappa shape index (κ1) is 10.6. The van der Waals surface area contributed by atoms with E-state index in [0.717, 1.165) is 5.75 Å². The molecule has 0 radical (unpaired) electrons. The Kier molecular flexibility index (Phi) is 3.96. The average molecular weight is 191 g/mol. The van der Waals surface area contributed by atoms with E-state index in [2.05, 4.69) is 0 Å². The fraction of sp³-hybridized carbons (Fsp3) is 0.364. The highest BCUT2D eigenvalue weighted by molar-refractivity contribution is 5.34. The quantitative estimate of drug-likeness (QED) is 0.785. The lowest BCUT2D eigenvalue weighted by atomic mass is 10.2. The first-order chi connectivity index (χ1) is 6.76. The number of ether oxygens (including phenoxy) is 1. The largest absolute Gasteiger partial charge is 0.493 e. The van der Waals surface area contributed by atoms with E-state index in [1.165, 1.54) is 0 Å². The predicted molar refractivity (Wildman–Crippen MR) is 52.9 cm³/mol. The summed E-state index contributed by atoms with van der Waals surface area (Å²) in [6.07, 6.45) is 0. The Labute approximate surface area is 83.6 Å². The van der Waals surface area contributed by atoms with Crippen LogP contribution >= 0.6 is 0 Å². The van der Waals surface area contributed by atoms with Crippen molar-refractivity contribution in [2.75, 3.05) is 13.2 Å². The van der Waals surface area contributed by atoms with E-state index in [1.54, 1.807) is 24.3 Å². The van der Waals surface area contributed by atoms with Crippen molar-refractivity contribution in [1.82, 2.24) is 0 Å². The van der Waals surface area contributed by atoms with Crippen LogP contribution in [-0.4, -0.2) is 18.3 Å². The van der Waals surface area contributed by atoms with Crippen LogP contribution in [0, 0.1) is 17.2 Å². The van der Waals surface area contributed by atoms with Crippen molar-refractivity contribution in [3.8, 4) is 11.8 Å². The first-order valence-electron chi connectivity index (χ1n) is 4.50. The van der Waals surface area contributed by atoms with Crippen molar-refractivity contribution < 1.29 is 9.84 Å². The van der Waals surface area contributed by atoms with Gasteiger partial charge in [-0.15, -0.1) is 0 Å². The summed E-state index contributed by atoms with van der Waals surface area (Å²) in [6.45, 7) is 2.52. The molecular weight excluding hydrogens is 178 g/mol. The second kappa shape index (κ2) is 5.25. The van der Waals surface area contributed by atoms with Crippen LogP contribution in [0.25, 0.3) is 0 Å². The lowest BCUT2D eigenvalue weighted by Gasteiger charge is -2.09. The molecular formula is C11H13NO2. The van der Waals surface area contributed by atoms with Gasteiger partial charge < -0.3 is 9.84 Å². The predicted octanol–water partition coefficient (Wildman–Crippen LogP) is 1.57. The maximum Gasteiger partial charge on any atom is 0.119 e. The standard InChI is InChI=1S/C11H13NO2/c1-9(7-13)8-14-11-4-2-10(6-12)3-5-11/h2-5,9,13H,7-8H2,1H3. The zero-order chi connectivity index (χ0) is 10.4. The molecule has 1 aromatic carbocycles. The molecule has 0 aliphatic rings. The van der Waals surface area contributed by atoms with E-state index in [0.29, 0.717) is 12.2 Å². The second-order valence-corrected chi connectivity index (χ2v) is 3.23. The number of rotatable bonds is 4. The van der Waals surface area contributed by atoms with E-state index < -0.39 is 0 Å². The Hall–Kier alpha value is -1.53. The molecule has 1 unspecified atom stereocenters. The zero-order valence-corrected chi connectivity index (χ0v) is 8.10. The van der Waals surface area contributed by atoms with Crippen molar-refractivity contribution in [2.24, 2.45) is 5.92 Å². The minimum absolute atomic E-state index is 0.121. The van der Waals surface area contributed by atoms with Gasteiger partial charge in [0.1, 0.15) is 5.75 Å². The van der Waals surface area contributed by atoms with Crippen LogP contribution in [0.1, 0.15) is 12.5 Å². The molecule has 0 aliphatic carbocycles. The Balaban J connectivity index is 2.49. The van der Waals surface area contributed by atoms with Gasteiger partial charge in [0.05, 0.1) is 18.2 Å². The third-order valence-corrected chi connectivity index (χ3v) is 1.83. The fourth-order valence-corrected chi connectivity index (χ4v) is 0.917. The van der Waals surface area contributed by atoms with Crippen molar-refractivity contribution in [3.63, 3.8) is 0 Å². The number of hydrogen-bond donors (Lipinski definition) is 1. The van der Waals surface area contributed by atoms with Gasteiger partial charge in [-0.05, 0) is 24.3 Å². The van der Waals surface area contributed by atoms with Crippen LogP contribution in [0.4, 0.5) is 0 Å². The SMILES string of the molecule is CC(CO)COc1ccc(C#N)cc1. The molecule has 1 rings (SSSR count). The highest BCUT2D eigenvalue weighted by Gasteiger charge is 2.00. The van der Waals surface area contributed by atoms with Gasteiger partial charge in [-0.1, -0.05) is 6.92 Å². The minimum Gasteiger partial charge on any atom is -0.493 e. The summed E-state index contributed by atoms with van der Waals surface area (Å²) in [4.78, 5) is 0. The third-order valence-electron chi connectivity index (χ3n) is 1.83. The number of benzene rings is 1. The van der Waals surface area contributed by atoms with E-state index in [-0.39, 0.29) is 12.5 Å². The van der Waals surface area contributed by atoms with Gasteiger partial charge in [-0.3, -0.25) is 0 Å². The molecule has 0 saturated carbocycles. The maximum absolute atomic E-state index is 8.77. The summed E-state index contributed by atoms with van der Waals surface area (Å²) in [6, 6.07) is 8.95. The Morgan fingerprint density at radius 2 is 2.07 bits per heavy atom. The third kappa shape index (κ3) is 3.08. The molecule has 0 aromatic heterocycles. The summed E-state index contributed by atoms with van der Waals surface area (Å²) in [7, 11) is 0. The molecule has 0 bridgehead atoms. The molecule has 14 heavy (non-hydrogen) atoms. The molecule has 1 N–H and O–H groups in total. The van der Waals surface area contributed by atoms with Gasteiger partial charge in [0.15, 0.2) is 0 Å². The normalized spacial score (nSPS) is 11.8. The molecule has 0 saturated heterocycles. The lowest BCUT2D eigenvalue weighted by molar-refractivity contribution is 0.174. The molecule has 3 nitrogen and oxygen atoms in total. The number of hydrogen-bond acceptors (Lipinski definition) is 3. The zero-order valence-electron chi connectivity index (χ0n) is 8.10. The topological polar surface area (TPSA) is 53.2 Å². The van der Waals surface area contributed by atoms with Crippen molar-refractivity contribution >= 4 is 0 Å². The van der Waals surface area contributed by atoms with Crippen LogP contribution in [0.15, 0.2) is 24.3 Å². The van der Waals surface area contributed by atoms with E-state index in [1.807, 2.05) is 13.0 Å². The second-order valence-electron chi connectivity index (χ2n) is 3.23. The monoisotopic (exact) mass is 191 g/mol. The summed E-state index contributed by atoms with van der Waals surface area (Å²) in [5.74, 6) is 0.856. The molecule has 0 heterocycles. The number of aliphatic hydroxyl groups excluding tert-OH is 1. The molecule has 0 spiro atoms. The van der Waals surface area contributed by atoms with Gasteiger partial charge in [0.25, 0.3) is 0 Å². The summed E-state index contributed by atoms with van der Waals surface area (Å²) in [5, 5.41) is 17.3. The number of nitriles is 1. The highest BCUT2D eigenvalue weighted by atomic mass is 16.5. The van der Waals surface area contributed by atoms with Gasteiger partial charge in [-0.25, -0.2) is 0 Å². The van der Waals surface area contributed by atoms with Crippen LogP contribution in [-0.2, 0) is 0 Å². The molecule has 1 aromatic rings. The highest BCUT2D eigenvalue weighted by Crippen LogP contribution is 2.12. The van der Waals surface area contributed by atoms with Gasteiger partial charge in [-0.2, -0.15) is 5.26 Å². The van der Waals surface area contributed by atoms with Crippen LogP contribution in [0.5, 0.6) is 5.75 Å². The van der Waals surface area contributed by atoms with Crippen LogP contribution < -0.4 is 4.74 Å². The smallest absolute Gasteiger partial charge is 0.119 e. The van der Waals surface area contributed by atoms with Gasteiger partial charge >= 0.3 is 0 Å². The first-order valence-corrected chi connectivity index (χ1v) is 4.50. The van der Waals surface area contributed by atoms with Crippen molar-refractivity contribution in [3.05, 3.63) is 29.8 Å².